The zero-order valence-electron chi connectivity index (χ0n) is 19.4. The third kappa shape index (κ3) is 6.11. The van der Waals surface area contributed by atoms with Gasteiger partial charge in [-0.3, -0.25) is 9.69 Å². The zero-order valence-corrected chi connectivity index (χ0v) is 19.4. The van der Waals surface area contributed by atoms with Gasteiger partial charge in [0.1, 0.15) is 5.75 Å². The van der Waals surface area contributed by atoms with E-state index in [-0.39, 0.29) is 18.1 Å². The van der Waals surface area contributed by atoms with Crippen molar-refractivity contribution in [3.8, 4) is 5.75 Å². The van der Waals surface area contributed by atoms with Crippen LogP contribution in [0.25, 0.3) is 6.08 Å². The van der Waals surface area contributed by atoms with Crippen LogP contribution < -0.4 is 4.74 Å². The fourth-order valence-corrected chi connectivity index (χ4v) is 4.32. The van der Waals surface area contributed by atoms with Gasteiger partial charge in [-0.25, -0.2) is 0 Å². The highest BCUT2D eigenvalue weighted by Crippen LogP contribution is 2.29. The first-order chi connectivity index (χ1) is 16.1. The highest BCUT2D eigenvalue weighted by molar-refractivity contribution is 5.91. The van der Waals surface area contributed by atoms with Gasteiger partial charge >= 0.3 is 0 Å². The minimum atomic E-state index is 0.0563. The fraction of sp³-hybridized carbons (Fsp3) is 0.276. The Morgan fingerprint density at radius 3 is 2.00 bits per heavy atom. The Bertz CT molecular complexity index is 1020. The van der Waals surface area contributed by atoms with E-state index in [1.165, 1.54) is 11.1 Å². The number of carbonyl (C=O) groups excluding carboxylic acids is 1. The summed E-state index contributed by atoms with van der Waals surface area (Å²) >= 11 is 0. The Morgan fingerprint density at radius 2 is 1.42 bits per heavy atom. The van der Waals surface area contributed by atoms with Gasteiger partial charge in [-0.15, -0.1) is 0 Å². The van der Waals surface area contributed by atoms with E-state index >= 15 is 0 Å². The second-order valence-electron chi connectivity index (χ2n) is 8.66. The largest absolute Gasteiger partial charge is 0.491 e. The van der Waals surface area contributed by atoms with Crippen LogP contribution in [0.4, 0.5) is 0 Å². The summed E-state index contributed by atoms with van der Waals surface area (Å²) in [5, 5.41) is 0. The molecule has 1 aliphatic heterocycles. The molecule has 0 bridgehead atoms. The van der Waals surface area contributed by atoms with Crippen LogP contribution in [0.5, 0.6) is 5.75 Å². The predicted octanol–water partition coefficient (Wildman–Crippen LogP) is 5.42. The maximum atomic E-state index is 12.8. The summed E-state index contributed by atoms with van der Waals surface area (Å²) in [5.74, 6) is 0.877. The van der Waals surface area contributed by atoms with Gasteiger partial charge in [0.2, 0.25) is 5.91 Å². The molecular weight excluding hydrogens is 408 g/mol. The Labute approximate surface area is 197 Å². The molecule has 0 N–H and O–H groups in total. The zero-order chi connectivity index (χ0) is 23.0. The van der Waals surface area contributed by atoms with E-state index in [1.807, 2.05) is 49.1 Å². The molecule has 0 saturated carbocycles. The number of amides is 1. The number of piperazine rings is 1. The minimum absolute atomic E-state index is 0.0563. The van der Waals surface area contributed by atoms with Gasteiger partial charge < -0.3 is 9.64 Å². The molecule has 1 aliphatic rings. The average Bonchev–Trinajstić information content (AvgIpc) is 2.84. The Kier molecular flexibility index (Phi) is 7.59. The standard InChI is InChI=1S/C29H32N2O2/c1-23(2)33-27-15-9-10-24(22-27)16-17-28(32)30-18-20-31(21-19-30)29(25-11-5-3-6-12-25)26-13-7-4-8-14-26/h3-17,22-23,29H,18-21H2,1-2H3/b17-16+. The molecular formula is C29H32N2O2. The molecule has 4 heteroatoms. The first-order valence-electron chi connectivity index (χ1n) is 11.7. The lowest BCUT2D eigenvalue weighted by atomic mass is 9.96. The van der Waals surface area contributed by atoms with Crippen LogP contribution in [0.3, 0.4) is 0 Å². The van der Waals surface area contributed by atoms with E-state index in [4.69, 9.17) is 4.74 Å². The van der Waals surface area contributed by atoms with E-state index in [0.29, 0.717) is 0 Å². The van der Waals surface area contributed by atoms with Gasteiger partial charge in [0.05, 0.1) is 12.1 Å². The molecule has 0 aliphatic carbocycles. The SMILES string of the molecule is CC(C)Oc1cccc(/C=C/C(=O)N2CCN(C(c3ccccc3)c3ccccc3)CC2)c1. The lowest BCUT2D eigenvalue weighted by Crippen LogP contribution is -2.49. The van der Waals surface area contributed by atoms with Crippen LogP contribution >= 0.6 is 0 Å². The van der Waals surface area contributed by atoms with E-state index in [9.17, 15) is 4.79 Å². The Hall–Kier alpha value is -3.37. The lowest BCUT2D eigenvalue weighted by Gasteiger charge is -2.39. The van der Waals surface area contributed by atoms with Crippen molar-refractivity contribution in [3.63, 3.8) is 0 Å². The number of ether oxygens (including phenoxy) is 1. The molecule has 0 unspecified atom stereocenters. The van der Waals surface area contributed by atoms with Crippen LogP contribution in [0, 0.1) is 0 Å². The molecule has 4 nitrogen and oxygen atoms in total. The van der Waals surface area contributed by atoms with E-state index in [0.717, 1.165) is 37.5 Å². The molecule has 3 aromatic carbocycles. The van der Waals surface area contributed by atoms with E-state index in [2.05, 4.69) is 65.6 Å². The van der Waals surface area contributed by atoms with Crippen LogP contribution in [0.1, 0.15) is 36.6 Å². The molecule has 1 saturated heterocycles. The lowest BCUT2D eigenvalue weighted by molar-refractivity contribution is -0.127. The summed E-state index contributed by atoms with van der Waals surface area (Å²) in [7, 11) is 0. The smallest absolute Gasteiger partial charge is 0.246 e. The predicted molar refractivity (Wildman–Crippen MR) is 134 cm³/mol. The molecule has 4 rings (SSSR count). The summed E-state index contributed by atoms with van der Waals surface area (Å²) < 4.78 is 5.75. The first kappa shape index (κ1) is 22.8. The molecule has 0 radical (unpaired) electrons. The molecule has 1 fully saturated rings. The summed E-state index contributed by atoms with van der Waals surface area (Å²) in [6.07, 6.45) is 3.67. The van der Waals surface area contributed by atoms with Gasteiger partial charge in [-0.1, -0.05) is 72.8 Å². The normalized spacial score (nSPS) is 14.8. The molecule has 0 spiro atoms. The van der Waals surface area contributed by atoms with Crippen molar-refractivity contribution in [3.05, 3.63) is 108 Å². The first-order valence-corrected chi connectivity index (χ1v) is 11.7. The second-order valence-corrected chi connectivity index (χ2v) is 8.66. The minimum Gasteiger partial charge on any atom is -0.491 e. The number of nitrogens with zero attached hydrogens (tertiary/aromatic N) is 2. The highest BCUT2D eigenvalue weighted by atomic mass is 16.5. The van der Waals surface area contributed by atoms with Gasteiger partial charge in [0.15, 0.2) is 0 Å². The number of benzene rings is 3. The van der Waals surface area contributed by atoms with Crippen LogP contribution in [0.15, 0.2) is 91.0 Å². The summed E-state index contributed by atoms with van der Waals surface area (Å²) in [5.41, 5.74) is 3.53. The maximum Gasteiger partial charge on any atom is 0.246 e. The molecule has 3 aromatic rings. The van der Waals surface area contributed by atoms with Crippen molar-refractivity contribution in [2.75, 3.05) is 26.2 Å². The molecule has 0 aromatic heterocycles. The van der Waals surface area contributed by atoms with Gasteiger partial charge in [0, 0.05) is 32.3 Å². The Morgan fingerprint density at radius 1 is 0.818 bits per heavy atom. The number of carbonyl (C=O) groups is 1. The fourth-order valence-electron chi connectivity index (χ4n) is 4.32. The molecule has 0 atom stereocenters. The van der Waals surface area contributed by atoms with Crippen molar-refractivity contribution in [1.29, 1.82) is 0 Å². The topological polar surface area (TPSA) is 32.8 Å². The highest BCUT2D eigenvalue weighted by Gasteiger charge is 2.27. The van der Waals surface area contributed by atoms with Gasteiger partial charge in [-0.05, 0) is 48.7 Å². The second kappa shape index (κ2) is 11.0. The van der Waals surface area contributed by atoms with E-state index in [1.54, 1.807) is 6.08 Å². The number of rotatable bonds is 7. The van der Waals surface area contributed by atoms with Crippen LogP contribution in [0.2, 0.25) is 0 Å². The molecule has 170 valence electrons. The van der Waals surface area contributed by atoms with Crippen LogP contribution in [-0.4, -0.2) is 48.0 Å². The Balaban J connectivity index is 1.40. The molecule has 1 amide bonds. The third-order valence-electron chi connectivity index (χ3n) is 5.87. The van der Waals surface area contributed by atoms with Crippen molar-refractivity contribution in [2.24, 2.45) is 0 Å². The number of hydrogen-bond acceptors (Lipinski definition) is 3. The van der Waals surface area contributed by atoms with Crippen molar-refractivity contribution in [1.82, 2.24) is 9.80 Å². The monoisotopic (exact) mass is 440 g/mol. The van der Waals surface area contributed by atoms with Crippen LogP contribution in [-0.2, 0) is 4.79 Å². The quantitative estimate of drug-likeness (QED) is 0.460. The van der Waals surface area contributed by atoms with Gasteiger partial charge in [-0.2, -0.15) is 0 Å². The summed E-state index contributed by atoms with van der Waals surface area (Å²) in [6.45, 7) is 7.13. The van der Waals surface area contributed by atoms with E-state index < -0.39 is 0 Å². The average molecular weight is 441 g/mol. The van der Waals surface area contributed by atoms with Gasteiger partial charge in [0.25, 0.3) is 0 Å². The molecule has 33 heavy (non-hydrogen) atoms. The maximum absolute atomic E-state index is 12.8. The van der Waals surface area contributed by atoms with Crippen molar-refractivity contribution < 1.29 is 9.53 Å². The molecule has 1 heterocycles. The summed E-state index contributed by atoms with van der Waals surface area (Å²) in [4.78, 5) is 17.3. The number of hydrogen-bond donors (Lipinski definition) is 0. The third-order valence-corrected chi connectivity index (χ3v) is 5.87. The summed E-state index contributed by atoms with van der Waals surface area (Å²) in [6, 6.07) is 29.3. The van der Waals surface area contributed by atoms with Crippen molar-refractivity contribution in [2.45, 2.75) is 26.0 Å². The van der Waals surface area contributed by atoms with Crippen molar-refractivity contribution >= 4 is 12.0 Å².